The van der Waals surface area contributed by atoms with Crippen molar-refractivity contribution in [2.24, 2.45) is 0 Å². The fourth-order valence-electron chi connectivity index (χ4n) is 14.0. The number of fused-ring (bicyclic) bond motifs is 1. The third kappa shape index (κ3) is 17.4. The van der Waals surface area contributed by atoms with Crippen molar-refractivity contribution >= 4 is 8.32 Å². The van der Waals surface area contributed by atoms with Crippen LogP contribution in [0.1, 0.15) is 109 Å². The van der Waals surface area contributed by atoms with Gasteiger partial charge in [0.15, 0.2) is 36.7 Å². The molecule has 18 heteroatoms. The summed E-state index contributed by atoms with van der Waals surface area (Å²) in [5.74, 6) is -2.65. The normalized spacial score (nSPS) is 31.2. The van der Waals surface area contributed by atoms with E-state index in [4.69, 9.17) is 75.5 Å². The van der Waals surface area contributed by atoms with Crippen LogP contribution in [0.5, 0.6) is 0 Å². The van der Waals surface area contributed by atoms with Crippen LogP contribution in [0, 0.1) is 0 Å². The first kappa shape index (κ1) is 70.2. The Morgan fingerprint density at radius 3 is 1.34 bits per heavy atom. The van der Waals surface area contributed by atoms with Gasteiger partial charge in [-0.2, -0.15) is 0 Å². The van der Waals surface area contributed by atoms with Crippen LogP contribution in [0.15, 0.2) is 182 Å². The predicted molar refractivity (Wildman–Crippen MR) is 355 cm³/mol. The Balaban J connectivity index is 0.899. The van der Waals surface area contributed by atoms with Crippen molar-refractivity contribution in [3.05, 3.63) is 215 Å². The molecule has 508 valence electrons. The second-order valence-corrected chi connectivity index (χ2v) is 32.4. The molecule has 5 aliphatic heterocycles. The molecule has 0 aromatic heterocycles. The van der Waals surface area contributed by atoms with Crippen LogP contribution in [0.3, 0.4) is 0 Å². The van der Waals surface area contributed by atoms with Crippen molar-refractivity contribution in [2.75, 3.05) is 13.2 Å². The molecule has 5 saturated heterocycles. The molecule has 17 nitrogen and oxygen atoms in total. The van der Waals surface area contributed by atoms with E-state index in [2.05, 4.69) is 41.5 Å². The van der Waals surface area contributed by atoms with Crippen LogP contribution in [0.25, 0.3) is 0 Å². The molecule has 0 saturated carbocycles. The molecular formula is C76H98O17Si. The second kappa shape index (κ2) is 32.5. The van der Waals surface area contributed by atoms with Gasteiger partial charge < -0.3 is 80.6 Å². The van der Waals surface area contributed by atoms with Gasteiger partial charge in [0.25, 0.3) is 0 Å². The van der Waals surface area contributed by atoms with Crippen LogP contribution in [0.4, 0.5) is 0 Å². The summed E-state index contributed by atoms with van der Waals surface area (Å²) in [6.07, 6.45) is -13.7. The van der Waals surface area contributed by atoms with Gasteiger partial charge in [-0.1, -0.05) is 224 Å². The molecule has 6 aromatic rings. The van der Waals surface area contributed by atoms with Gasteiger partial charge in [0.2, 0.25) is 8.32 Å². The first-order valence-corrected chi connectivity index (χ1v) is 35.8. The molecule has 11 rings (SSSR count). The Hall–Kier alpha value is -5.14. The number of benzene rings is 6. The molecule has 94 heavy (non-hydrogen) atoms. The van der Waals surface area contributed by atoms with Crippen LogP contribution in [-0.4, -0.2) is 137 Å². The fraction of sp³-hybridized carbons (Fsp3) is 0.526. The van der Waals surface area contributed by atoms with E-state index in [0.29, 0.717) is 6.61 Å². The molecule has 7 unspecified atom stereocenters. The highest BCUT2D eigenvalue weighted by Crippen LogP contribution is 2.47. The smallest absolute Gasteiger partial charge is 0.203 e. The lowest BCUT2D eigenvalue weighted by molar-refractivity contribution is -0.413. The lowest BCUT2D eigenvalue weighted by atomic mass is 9.97. The zero-order valence-corrected chi connectivity index (χ0v) is 57.1. The third-order valence-corrected chi connectivity index (χ3v) is 24.8. The summed E-state index contributed by atoms with van der Waals surface area (Å²) in [6.45, 7) is 22.3. The molecule has 17 atom stereocenters. The Bertz CT molecular complexity index is 3150. The van der Waals surface area contributed by atoms with Crippen LogP contribution >= 0.6 is 0 Å². The van der Waals surface area contributed by atoms with Crippen molar-refractivity contribution in [2.45, 2.75) is 242 Å². The van der Waals surface area contributed by atoms with Gasteiger partial charge in [-0.05, 0) is 77.7 Å². The predicted octanol–water partition coefficient (Wildman–Crippen LogP) is 13.3. The lowest BCUT2D eigenvalue weighted by Gasteiger charge is -2.51. The van der Waals surface area contributed by atoms with Gasteiger partial charge in [-0.3, -0.25) is 0 Å². The number of hydrogen-bond acceptors (Lipinski definition) is 17. The SMILES string of the molecule is CC(C)[Si](O[C@@H]1O[C@H](C)[C@H](O)C(OCc2ccccc2)C1O[C@@H]1O[C@H](C)[C@H](O[C@@H]2OC[C@](OCc3ccccc3)(O[C@@H]3OC[C@@H](OCc4ccccc4)C(OCc4ccccc4)C3OCc3ccccc3)CC2OCc2ccccc2)C2OC(C)(C)OC21)(C(C)C)C(C)C. The number of ether oxygens (including phenoxy) is 15. The van der Waals surface area contributed by atoms with Crippen molar-refractivity contribution in [1.29, 1.82) is 0 Å². The summed E-state index contributed by atoms with van der Waals surface area (Å²) in [4.78, 5) is 0. The minimum atomic E-state index is -2.65. The number of aliphatic hydroxyl groups excluding tert-OH is 1. The standard InChI is InChI=1S/C76H98O17Si/c1-50(2)94(51(3)4,52(5)6)93-74-69(66(63(77)53(7)86-74)81-45-58-35-23-14-24-36-58)89-73-70-67(90-75(9,10)91-70)64(54(8)87-73)88-71-61(78-42-55-29-17-11-18-30-55)41-76(49-84-71,85-47-60-39-27-16-28-40-60)92-72-68(82-46-59-37-25-15-26-38-59)65(80-44-57-33-21-13-22-34-57)62(48-83-72)79-43-56-31-19-12-20-32-56/h11-40,50-54,61-74,77H,41-49H2,1-10H3/t53-,54-,61?,62-,63+,64+,65?,66?,67?,68?,69?,70?,71+,72+,73+,74+,76-/m1/s1. The summed E-state index contributed by atoms with van der Waals surface area (Å²) in [5, 5.41) is 12.1. The molecular weight excluding hydrogens is 1210 g/mol. The highest BCUT2D eigenvalue weighted by atomic mass is 28.4. The van der Waals surface area contributed by atoms with Gasteiger partial charge in [0, 0.05) is 6.42 Å². The quantitative estimate of drug-likeness (QED) is 0.0347. The molecule has 0 amide bonds. The second-order valence-electron chi connectivity index (χ2n) is 27.0. The number of rotatable bonds is 29. The largest absolute Gasteiger partial charge is 0.389 e. The van der Waals surface area contributed by atoms with Crippen molar-refractivity contribution in [3.63, 3.8) is 0 Å². The Labute approximate surface area is 556 Å². The van der Waals surface area contributed by atoms with Crippen molar-refractivity contribution in [1.82, 2.24) is 0 Å². The van der Waals surface area contributed by atoms with Crippen LogP contribution in [-0.2, 0) is 115 Å². The molecule has 5 aliphatic rings. The maximum atomic E-state index is 12.1. The van der Waals surface area contributed by atoms with Crippen molar-refractivity contribution in [3.8, 4) is 0 Å². The van der Waals surface area contributed by atoms with E-state index in [0.717, 1.165) is 33.4 Å². The zero-order valence-electron chi connectivity index (χ0n) is 56.1. The molecule has 0 aliphatic carbocycles. The molecule has 5 fully saturated rings. The van der Waals surface area contributed by atoms with E-state index in [9.17, 15) is 5.11 Å². The van der Waals surface area contributed by atoms with E-state index in [1.165, 1.54) is 0 Å². The summed E-state index contributed by atoms with van der Waals surface area (Å²) in [7, 11) is -2.65. The van der Waals surface area contributed by atoms with Gasteiger partial charge in [-0.25, -0.2) is 0 Å². The Kier molecular flexibility index (Phi) is 24.2. The van der Waals surface area contributed by atoms with E-state index in [1.807, 2.05) is 210 Å². The topological polar surface area (TPSA) is 168 Å². The van der Waals surface area contributed by atoms with Gasteiger partial charge >= 0.3 is 0 Å². The summed E-state index contributed by atoms with van der Waals surface area (Å²) < 4.78 is 112. The van der Waals surface area contributed by atoms with Crippen molar-refractivity contribution < 1.29 is 80.6 Å². The molecule has 0 radical (unpaired) electrons. The molecule has 5 heterocycles. The van der Waals surface area contributed by atoms with E-state index in [-0.39, 0.29) is 69.3 Å². The minimum Gasteiger partial charge on any atom is -0.389 e. The molecule has 0 spiro atoms. The van der Waals surface area contributed by atoms with Gasteiger partial charge in [0.1, 0.15) is 67.6 Å². The average molecular weight is 1310 g/mol. The number of hydrogen-bond donors (Lipinski definition) is 1. The Morgan fingerprint density at radius 2 is 0.851 bits per heavy atom. The number of aliphatic hydroxyl groups is 1. The fourth-order valence-corrected chi connectivity index (χ4v) is 19.4. The molecule has 1 N–H and O–H groups in total. The summed E-state index contributed by atoms with van der Waals surface area (Å²) >= 11 is 0. The maximum Gasteiger partial charge on any atom is 0.203 e. The minimum absolute atomic E-state index is 0.110. The van der Waals surface area contributed by atoms with Gasteiger partial charge in [-0.15, -0.1) is 0 Å². The summed E-state index contributed by atoms with van der Waals surface area (Å²) in [6, 6.07) is 59.9. The van der Waals surface area contributed by atoms with E-state index < -0.39 is 118 Å². The third-order valence-electron chi connectivity index (χ3n) is 18.7. The molecule has 6 aromatic carbocycles. The molecule has 0 bridgehead atoms. The lowest BCUT2D eigenvalue weighted by Crippen LogP contribution is -2.66. The first-order valence-electron chi connectivity index (χ1n) is 33.7. The monoisotopic (exact) mass is 1310 g/mol. The first-order chi connectivity index (χ1) is 45.5. The van der Waals surface area contributed by atoms with Crippen LogP contribution in [0.2, 0.25) is 16.6 Å². The highest BCUT2D eigenvalue weighted by molar-refractivity contribution is 6.77. The zero-order chi connectivity index (χ0) is 65.8. The average Bonchev–Trinajstić information content (AvgIpc) is 1.45. The Morgan fingerprint density at radius 1 is 0.436 bits per heavy atom. The maximum absolute atomic E-state index is 12.1. The van der Waals surface area contributed by atoms with E-state index in [1.54, 1.807) is 0 Å². The highest BCUT2D eigenvalue weighted by Gasteiger charge is 2.61. The summed E-state index contributed by atoms with van der Waals surface area (Å²) in [5.41, 5.74) is 6.38. The van der Waals surface area contributed by atoms with Gasteiger partial charge in [0.05, 0.1) is 58.5 Å². The van der Waals surface area contributed by atoms with Crippen LogP contribution < -0.4 is 0 Å². The van der Waals surface area contributed by atoms with E-state index >= 15 is 0 Å².